The van der Waals surface area contributed by atoms with Crippen LogP contribution in [0.3, 0.4) is 0 Å². The Kier molecular flexibility index (Phi) is 23.1. The van der Waals surface area contributed by atoms with Crippen molar-refractivity contribution >= 4 is 70.9 Å². The van der Waals surface area contributed by atoms with Gasteiger partial charge in [0, 0.05) is 77.2 Å². The van der Waals surface area contributed by atoms with E-state index in [1.54, 1.807) is 0 Å². The lowest BCUT2D eigenvalue weighted by Gasteiger charge is -2.26. The summed E-state index contributed by atoms with van der Waals surface area (Å²) in [6, 6.07) is 41.0. The van der Waals surface area contributed by atoms with E-state index in [0.29, 0.717) is 13.2 Å². The highest BCUT2D eigenvalue weighted by Crippen LogP contribution is 2.32. The first-order valence-corrected chi connectivity index (χ1v) is 25.3. The Labute approximate surface area is 402 Å². The highest BCUT2D eigenvalue weighted by molar-refractivity contribution is 7.14. The average molecular weight is 925 g/mol. The van der Waals surface area contributed by atoms with Crippen molar-refractivity contribution in [3.05, 3.63) is 163 Å². The first kappa shape index (κ1) is 51.2. The molecule has 0 fully saturated rings. The molecular weight excluding hydrogens is 857 g/mol. The Bertz CT molecular complexity index is 2190. The van der Waals surface area contributed by atoms with E-state index < -0.39 is 0 Å². The molecule has 0 atom stereocenters. The van der Waals surface area contributed by atoms with Gasteiger partial charge in [-0.2, -0.15) is 0 Å². The highest BCUT2D eigenvalue weighted by Gasteiger charge is 2.13. The minimum atomic E-state index is 0.228. The Balaban J connectivity index is 0.000000247. The van der Waals surface area contributed by atoms with Gasteiger partial charge in [0.1, 0.15) is 24.7 Å². The first-order chi connectivity index (χ1) is 32.5. The molecule has 0 amide bonds. The molecule has 0 radical (unpaired) electrons. The van der Waals surface area contributed by atoms with Crippen molar-refractivity contribution in [1.82, 2.24) is 0 Å². The van der Waals surface area contributed by atoms with E-state index >= 15 is 0 Å². The summed E-state index contributed by atoms with van der Waals surface area (Å²) in [6.45, 7) is 12.0. The maximum Gasteiger partial charge on any atom is 0.160 e. The van der Waals surface area contributed by atoms with E-state index in [4.69, 9.17) is 9.47 Å². The maximum absolute atomic E-state index is 11.0. The van der Waals surface area contributed by atoms with E-state index in [9.17, 15) is 14.7 Å². The molecule has 0 saturated carbocycles. The number of rotatable bonds is 28. The third-order valence-corrected chi connectivity index (χ3v) is 13.0. The number of thiophene rings is 2. The summed E-state index contributed by atoms with van der Waals surface area (Å²) in [5, 5.41) is 9.19. The molecule has 0 bridgehead atoms. The molecule has 0 aliphatic carbocycles. The molecule has 0 unspecified atom stereocenters. The third kappa shape index (κ3) is 17.6. The van der Waals surface area contributed by atoms with Gasteiger partial charge < -0.3 is 24.4 Å². The molecule has 6 aromatic rings. The Morgan fingerprint density at radius 3 is 1.27 bits per heavy atom. The van der Waals surface area contributed by atoms with Crippen molar-refractivity contribution in [3.63, 3.8) is 0 Å². The van der Waals surface area contributed by atoms with Crippen LogP contribution in [-0.4, -0.2) is 50.5 Å². The first-order valence-electron chi connectivity index (χ1n) is 23.6. The molecule has 7 nitrogen and oxygen atoms in total. The van der Waals surface area contributed by atoms with Gasteiger partial charge in [0.15, 0.2) is 12.6 Å². The molecule has 0 spiro atoms. The number of aldehydes is 2. The third-order valence-electron chi connectivity index (χ3n) is 11.0. The van der Waals surface area contributed by atoms with E-state index in [1.807, 2.05) is 72.8 Å². The molecule has 0 saturated heterocycles. The number of anilines is 2. The predicted octanol–water partition coefficient (Wildman–Crippen LogP) is 14.8. The molecular formula is C57H68N2O5S2. The van der Waals surface area contributed by atoms with Gasteiger partial charge in [0.25, 0.3) is 0 Å². The number of hydrogen-bond donors (Lipinski definition) is 1. The fourth-order valence-electron chi connectivity index (χ4n) is 7.23. The molecule has 6 rings (SSSR count). The highest BCUT2D eigenvalue weighted by atomic mass is 32.1. The summed E-state index contributed by atoms with van der Waals surface area (Å²) >= 11 is 2.96. The average Bonchev–Trinajstić information content (AvgIpc) is 4.04. The van der Waals surface area contributed by atoms with E-state index in [0.717, 1.165) is 123 Å². The van der Waals surface area contributed by atoms with Gasteiger partial charge in [-0.25, -0.2) is 0 Å². The van der Waals surface area contributed by atoms with Gasteiger partial charge in [-0.3, -0.25) is 9.59 Å². The minimum absolute atomic E-state index is 0.228. The number of benzene rings is 4. The summed E-state index contributed by atoms with van der Waals surface area (Å²) in [5.41, 5.74) is 6.68. The maximum atomic E-state index is 11.0. The van der Waals surface area contributed by atoms with Crippen molar-refractivity contribution in [2.75, 3.05) is 42.6 Å². The second-order valence-corrected chi connectivity index (χ2v) is 18.5. The standard InChI is InChI=1S/C29H35NO2S.C28H33NO3S/c1-3-5-10-20-30(19-6-4-2)26-15-13-25(14-16-27-17-18-28(22-31)33-27)29(21-26)32-23-24-11-8-7-9-12-24;1-2-3-17-29(18-7-8-19-30)25-13-11-24(12-14-26-15-16-27(21-31)33-26)28(20-25)32-22-23-9-5-4-6-10-23/h7-9,11-18,21-22H,3-6,10,19-20,23H2,1-2H3;4-6,9-16,20-21,30H,2-3,7-8,17-19,22H2,1H3/b16-14+;14-12+. The molecule has 2 heterocycles. The van der Waals surface area contributed by atoms with Crippen LogP contribution in [0.15, 0.2) is 121 Å². The Morgan fingerprint density at radius 1 is 0.470 bits per heavy atom. The lowest BCUT2D eigenvalue weighted by molar-refractivity contribution is 0.111. The van der Waals surface area contributed by atoms with Crippen LogP contribution in [0.4, 0.5) is 11.4 Å². The normalized spacial score (nSPS) is 11.1. The minimum Gasteiger partial charge on any atom is -0.488 e. The molecule has 9 heteroatoms. The summed E-state index contributed by atoms with van der Waals surface area (Å²) in [5.74, 6) is 1.72. The van der Waals surface area contributed by atoms with Crippen LogP contribution in [0, 0.1) is 0 Å². The fourth-order valence-corrected chi connectivity index (χ4v) is 8.68. The molecule has 2 aromatic heterocycles. The van der Waals surface area contributed by atoms with Crippen LogP contribution < -0.4 is 19.3 Å². The SMILES string of the molecule is CCCCCN(CCCC)c1ccc(/C=C/c2ccc(C=O)s2)c(OCc2ccccc2)c1.CCCCN(CCCCO)c1ccc(/C=C/c2ccc(C=O)s2)c(OCc2ccccc2)c1. The lowest BCUT2D eigenvalue weighted by Crippen LogP contribution is -2.25. The Hall–Kier alpha value is -5.74. The van der Waals surface area contributed by atoms with Crippen molar-refractivity contribution in [2.45, 2.75) is 91.8 Å². The second-order valence-electron chi connectivity index (χ2n) is 16.2. The van der Waals surface area contributed by atoms with E-state index in [-0.39, 0.29) is 6.61 Å². The van der Waals surface area contributed by atoms with Gasteiger partial charge in [0.05, 0.1) is 9.75 Å². The quantitative estimate of drug-likeness (QED) is 0.0388. The zero-order chi connectivity index (χ0) is 46.6. The van der Waals surface area contributed by atoms with Crippen molar-refractivity contribution in [2.24, 2.45) is 0 Å². The molecule has 4 aromatic carbocycles. The number of aliphatic hydroxyl groups excluding tert-OH is 1. The largest absolute Gasteiger partial charge is 0.488 e. The van der Waals surface area contributed by atoms with Crippen LogP contribution in [0.5, 0.6) is 11.5 Å². The molecule has 0 aliphatic heterocycles. The van der Waals surface area contributed by atoms with Gasteiger partial charge in [-0.1, -0.05) is 107 Å². The van der Waals surface area contributed by atoms with E-state index in [2.05, 4.69) is 103 Å². The fraction of sp³-hybridized carbons (Fsp3) is 0.333. The van der Waals surface area contributed by atoms with Crippen LogP contribution in [0.1, 0.15) is 130 Å². The Morgan fingerprint density at radius 2 is 0.879 bits per heavy atom. The summed E-state index contributed by atoms with van der Waals surface area (Å²) in [7, 11) is 0. The number of unbranched alkanes of at least 4 members (excludes halogenated alkanes) is 5. The van der Waals surface area contributed by atoms with Crippen LogP contribution in [0.2, 0.25) is 0 Å². The number of aliphatic hydroxyl groups is 1. The summed E-state index contributed by atoms with van der Waals surface area (Å²) in [6.07, 6.45) is 20.1. The number of ether oxygens (including phenoxy) is 2. The van der Waals surface area contributed by atoms with Crippen LogP contribution in [0.25, 0.3) is 24.3 Å². The number of carbonyl (C=O) groups excluding carboxylic acids is 2. The smallest absolute Gasteiger partial charge is 0.160 e. The van der Waals surface area contributed by atoms with Crippen molar-refractivity contribution < 1.29 is 24.2 Å². The second kappa shape index (κ2) is 29.7. The zero-order valence-corrected chi connectivity index (χ0v) is 40.7. The van der Waals surface area contributed by atoms with Crippen LogP contribution in [-0.2, 0) is 13.2 Å². The lowest BCUT2D eigenvalue weighted by atomic mass is 10.1. The molecule has 1 N–H and O–H groups in total. The number of carbonyl (C=O) groups is 2. The monoisotopic (exact) mass is 924 g/mol. The number of hydrogen-bond acceptors (Lipinski definition) is 9. The number of nitrogens with zero attached hydrogens (tertiary/aromatic N) is 2. The van der Waals surface area contributed by atoms with Gasteiger partial charge >= 0.3 is 0 Å². The van der Waals surface area contributed by atoms with Crippen molar-refractivity contribution in [3.8, 4) is 11.5 Å². The van der Waals surface area contributed by atoms with Crippen molar-refractivity contribution in [1.29, 1.82) is 0 Å². The summed E-state index contributed by atoms with van der Waals surface area (Å²) in [4.78, 5) is 30.4. The zero-order valence-electron chi connectivity index (χ0n) is 39.1. The van der Waals surface area contributed by atoms with Crippen LogP contribution >= 0.6 is 22.7 Å². The molecule has 0 aliphatic rings. The molecule has 348 valence electrons. The van der Waals surface area contributed by atoms with Gasteiger partial charge in [-0.15, -0.1) is 22.7 Å². The summed E-state index contributed by atoms with van der Waals surface area (Å²) < 4.78 is 12.6. The van der Waals surface area contributed by atoms with Gasteiger partial charge in [0.2, 0.25) is 0 Å². The van der Waals surface area contributed by atoms with E-state index in [1.165, 1.54) is 60.5 Å². The van der Waals surface area contributed by atoms with Gasteiger partial charge in [-0.05, 0) is 116 Å². The topological polar surface area (TPSA) is 79.3 Å². The predicted molar refractivity (Wildman–Crippen MR) is 282 cm³/mol. The molecule has 66 heavy (non-hydrogen) atoms.